The number of carbonyl (C=O) groups excluding carboxylic acids is 1. The zero-order valence-electron chi connectivity index (χ0n) is 17.0. The largest absolute Gasteiger partial charge is 0.350 e. The highest BCUT2D eigenvalue weighted by molar-refractivity contribution is 7.17. The molecule has 4 aromatic rings. The summed E-state index contributed by atoms with van der Waals surface area (Å²) in [5.41, 5.74) is 2.57. The molecule has 0 saturated heterocycles. The number of carbonyl (C=O) groups is 1. The molecule has 0 aliphatic heterocycles. The van der Waals surface area contributed by atoms with Crippen LogP contribution in [0.25, 0.3) is 15.9 Å². The molecule has 158 valence electrons. The Kier molecular flexibility index (Phi) is 5.80. The number of fused-ring (bicyclic) bond motifs is 1. The van der Waals surface area contributed by atoms with Gasteiger partial charge in [0.2, 0.25) is 5.91 Å². The Balaban J connectivity index is 1.74. The minimum absolute atomic E-state index is 0.207. The lowest BCUT2D eigenvalue weighted by atomic mass is 10.1. The lowest BCUT2D eigenvalue weighted by Gasteiger charge is -2.14. The van der Waals surface area contributed by atoms with Gasteiger partial charge in [-0.3, -0.25) is 14.2 Å². The summed E-state index contributed by atoms with van der Waals surface area (Å²) in [6.45, 7) is 3.79. The van der Waals surface area contributed by atoms with Gasteiger partial charge in [0.25, 0.3) is 5.56 Å². The number of aromatic nitrogens is 2. The molecule has 0 aliphatic rings. The number of hydrogen-bond donors (Lipinski definition) is 1. The van der Waals surface area contributed by atoms with Crippen molar-refractivity contribution in [3.8, 4) is 5.69 Å². The number of aryl methyl sites for hydroxylation is 2. The second-order valence-corrected chi connectivity index (χ2v) is 8.63. The molecule has 2 heterocycles. The molecule has 1 amide bonds. The molecule has 8 heteroatoms. The van der Waals surface area contributed by atoms with Gasteiger partial charge in [0.05, 0.1) is 11.2 Å². The van der Waals surface area contributed by atoms with E-state index in [1.54, 1.807) is 23.6 Å². The molecule has 0 radical (unpaired) electrons. The summed E-state index contributed by atoms with van der Waals surface area (Å²) in [6.07, 6.45) is 0. The van der Waals surface area contributed by atoms with Crippen molar-refractivity contribution in [3.05, 3.63) is 96.5 Å². The summed E-state index contributed by atoms with van der Waals surface area (Å²) in [4.78, 5) is 39.1. The van der Waals surface area contributed by atoms with Crippen molar-refractivity contribution in [2.24, 2.45) is 0 Å². The maximum atomic E-state index is 13.4. The Hall–Kier alpha value is -3.16. The first-order valence-corrected chi connectivity index (χ1v) is 10.9. The number of thiophene rings is 1. The molecule has 6 nitrogen and oxygen atoms in total. The van der Waals surface area contributed by atoms with Crippen molar-refractivity contribution in [2.45, 2.75) is 26.9 Å². The first kappa shape index (κ1) is 21.1. The number of amides is 1. The van der Waals surface area contributed by atoms with Crippen LogP contribution in [0.1, 0.15) is 16.7 Å². The van der Waals surface area contributed by atoms with Crippen LogP contribution in [0.3, 0.4) is 0 Å². The van der Waals surface area contributed by atoms with Gasteiger partial charge in [-0.05, 0) is 54.1 Å². The van der Waals surface area contributed by atoms with Gasteiger partial charge in [0, 0.05) is 11.6 Å². The highest BCUT2D eigenvalue weighted by atomic mass is 35.5. The molecular weight excluding hydrogens is 434 g/mol. The van der Waals surface area contributed by atoms with Crippen LogP contribution in [0.15, 0.2) is 63.5 Å². The fourth-order valence-corrected chi connectivity index (χ4v) is 4.47. The third kappa shape index (κ3) is 4.06. The van der Waals surface area contributed by atoms with Crippen LogP contribution in [0.5, 0.6) is 0 Å². The molecule has 0 bridgehead atoms. The van der Waals surface area contributed by atoms with E-state index in [1.165, 1.54) is 15.9 Å². The van der Waals surface area contributed by atoms with Gasteiger partial charge in [-0.25, -0.2) is 9.36 Å². The van der Waals surface area contributed by atoms with E-state index in [0.29, 0.717) is 20.9 Å². The van der Waals surface area contributed by atoms with E-state index in [2.05, 4.69) is 5.32 Å². The topological polar surface area (TPSA) is 73.1 Å². The monoisotopic (exact) mass is 453 g/mol. The molecule has 0 aliphatic carbocycles. The zero-order valence-corrected chi connectivity index (χ0v) is 18.6. The number of benzene rings is 2. The van der Waals surface area contributed by atoms with Crippen LogP contribution in [0.2, 0.25) is 5.02 Å². The van der Waals surface area contributed by atoms with Gasteiger partial charge < -0.3 is 5.32 Å². The quantitative estimate of drug-likeness (QED) is 0.499. The van der Waals surface area contributed by atoms with Crippen LogP contribution in [0.4, 0.5) is 0 Å². The van der Waals surface area contributed by atoms with E-state index >= 15 is 0 Å². The second kappa shape index (κ2) is 8.53. The molecule has 2 aromatic carbocycles. The van der Waals surface area contributed by atoms with E-state index < -0.39 is 5.69 Å². The Morgan fingerprint density at radius 3 is 2.65 bits per heavy atom. The molecule has 1 N–H and O–H groups in total. The highest BCUT2D eigenvalue weighted by Gasteiger charge is 2.18. The van der Waals surface area contributed by atoms with E-state index in [1.807, 2.05) is 44.2 Å². The van der Waals surface area contributed by atoms with Crippen molar-refractivity contribution >= 4 is 39.1 Å². The Labute approximate surface area is 187 Å². The molecule has 0 fully saturated rings. The zero-order chi connectivity index (χ0) is 22.1. The second-order valence-electron chi connectivity index (χ2n) is 7.30. The Morgan fingerprint density at radius 1 is 1.10 bits per heavy atom. The van der Waals surface area contributed by atoms with Crippen molar-refractivity contribution in [3.63, 3.8) is 0 Å². The van der Waals surface area contributed by atoms with Crippen molar-refractivity contribution in [1.29, 1.82) is 0 Å². The lowest BCUT2D eigenvalue weighted by molar-refractivity contribution is -0.121. The van der Waals surface area contributed by atoms with Crippen LogP contribution < -0.4 is 16.6 Å². The van der Waals surface area contributed by atoms with E-state index in [9.17, 15) is 14.4 Å². The molecule has 0 atom stereocenters. The number of nitrogens with zero attached hydrogens (tertiary/aromatic N) is 2. The fraction of sp³-hybridized carbons (Fsp3) is 0.174. The summed E-state index contributed by atoms with van der Waals surface area (Å²) in [6, 6.07) is 14.5. The normalized spacial score (nSPS) is 11.1. The van der Waals surface area contributed by atoms with Gasteiger partial charge in [0.15, 0.2) is 0 Å². The smallest absolute Gasteiger partial charge is 0.336 e. The average Bonchev–Trinajstić information content (AvgIpc) is 3.23. The summed E-state index contributed by atoms with van der Waals surface area (Å²) in [5, 5.41) is 5.11. The molecule has 0 spiro atoms. The van der Waals surface area contributed by atoms with Gasteiger partial charge in [-0.2, -0.15) is 0 Å². The molecule has 0 unspecified atom stereocenters. The summed E-state index contributed by atoms with van der Waals surface area (Å²) >= 11 is 7.40. The Morgan fingerprint density at radius 2 is 1.87 bits per heavy atom. The molecular formula is C23H20ClN3O3S. The van der Waals surface area contributed by atoms with Gasteiger partial charge in [-0.1, -0.05) is 41.9 Å². The predicted octanol–water partition coefficient (Wildman–Crippen LogP) is 3.80. The summed E-state index contributed by atoms with van der Waals surface area (Å²) in [5.74, 6) is -0.347. The molecule has 0 saturated carbocycles. The Bertz CT molecular complexity index is 1420. The van der Waals surface area contributed by atoms with Crippen molar-refractivity contribution in [1.82, 2.24) is 14.5 Å². The highest BCUT2D eigenvalue weighted by Crippen LogP contribution is 2.19. The van der Waals surface area contributed by atoms with Gasteiger partial charge >= 0.3 is 5.69 Å². The van der Waals surface area contributed by atoms with Gasteiger partial charge in [-0.15, -0.1) is 11.3 Å². The molecule has 31 heavy (non-hydrogen) atoms. The van der Waals surface area contributed by atoms with Crippen molar-refractivity contribution < 1.29 is 4.79 Å². The minimum atomic E-state index is -0.544. The standard InChI is InChI=1S/C23H20ClN3O3S/c1-14-7-8-15(2)19(11-14)27-22(29)21-18(9-10-31-21)26(23(27)30)13-20(28)25-12-16-5-3-4-6-17(16)24/h3-11H,12-13H2,1-2H3,(H,25,28). The number of hydrogen-bond acceptors (Lipinski definition) is 4. The number of rotatable bonds is 5. The predicted molar refractivity (Wildman–Crippen MR) is 124 cm³/mol. The molecule has 4 rings (SSSR count). The SMILES string of the molecule is Cc1ccc(C)c(-n2c(=O)c3sccc3n(CC(=O)NCc3ccccc3Cl)c2=O)c1. The lowest BCUT2D eigenvalue weighted by Crippen LogP contribution is -2.41. The van der Waals surface area contributed by atoms with E-state index in [0.717, 1.165) is 21.3 Å². The number of halogens is 1. The number of nitrogens with one attached hydrogen (secondary N) is 1. The maximum Gasteiger partial charge on any atom is 0.336 e. The van der Waals surface area contributed by atoms with Crippen LogP contribution in [0, 0.1) is 13.8 Å². The third-order valence-electron chi connectivity index (χ3n) is 5.10. The fourth-order valence-electron chi connectivity index (χ4n) is 3.45. The van der Waals surface area contributed by atoms with Crippen LogP contribution in [-0.4, -0.2) is 15.0 Å². The van der Waals surface area contributed by atoms with Crippen LogP contribution >= 0.6 is 22.9 Å². The van der Waals surface area contributed by atoms with E-state index in [4.69, 9.17) is 11.6 Å². The third-order valence-corrected chi connectivity index (χ3v) is 6.36. The summed E-state index contributed by atoms with van der Waals surface area (Å²) in [7, 11) is 0. The average molecular weight is 454 g/mol. The maximum absolute atomic E-state index is 13.4. The van der Waals surface area contributed by atoms with Crippen molar-refractivity contribution in [2.75, 3.05) is 0 Å². The first-order chi connectivity index (χ1) is 14.9. The van der Waals surface area contributed by atoms with Crippen LogP contribution in [-0.2, 0) is 17.9 Å². The first-order valence-electron chi connectivity index (χ1n) is 9.67. The van der Waals surface area contributed by atoms with E-state index in [-0.39, 0.29) is 24.6 Å². The van der Waals surface area contributed by atoms with Gasteiger partial charge in [0.1, 0.15) is 11.2 Å². The minimum Gasteiger partial charge on any atom is -0.350 e. The molecule has 2 aromatic heterocycles. The summed E-state index contributed by atoms with van der Waals surface area (Å²) < 4.78 is 2.93.